The third kappa shape index (κ3) is 2.33. The van der Waals surface area contributed by atoms with Gasteiger partial charge in [-0.3, -0.25) is 0 Å². The fourth-order valence-corrected chi connectivity index (χ4v) is 2.76. The van der Waals surface area contributed by atoms with Crippen LogP contribution < -0.4 is 5.32 Å². The first-order valence-electron chi connectivity index (χ1n) is 5.93. The average molecular weight is 292 g/mol. The van der Waals surface area contributed by atoms with Gasteiger partial charge >= 0.3 is 0 Å². The molecule has 4 heteroatoms. The molecule has 3 nitrogen and oxygen atoms in total. The van der Waals surface area contributed by atoms with Gasteiger partial charge in [0.1, 0.15) is 6.33 Å². The average Bonchev–Trinajstić information content (AvgIpc) is 2.82. The van der Waals surface area contributed by atoms with Crippen LogP contribution in [0.3, 0.4) is 0 Å². The Balaban J connectivity index is 1.97. The third-order valence-electron chi connectivity index (χ3n) is 3.33. The van der Waals surface area contributed by atoms with E-state index in [1.165, 1.54) is 17.5 Å². The van der Waals surface area contributed by atoms with Crippen molar-refractivity contribution in [1.29, 1.82) is 0 Å². The molecule has 0 amide bonds. The molecule has 1 atom stereocenters. The van der Waals surface area contributed by atoms with Crippen LogP contribution in [0.1, 0.15) is 12.1 Å². The molecular weight excluding hydrogens is 278 g/mol. The molecule has 0 bridgehead atoms. The Morgan fingerprint density at radius 3 is 3.12 bits per heavy atom. The summed E-state index contributed by atoms with van der Waals surface area (Å²) >= 11 is 3.47. The molecule has 1 aliphatic rings. The maximum Gasteiger partial charge on any atom is 0.116 e. The number of halogens is 1. The van der Waals surface area contributed by atoms with Crippen LogP contribution in [0.4, 0.5) is 0 Å². The van der Waals surface area contributed by atoms with Crippen LogP contribution in [-0.4, -0.2) is 23.1 Å². The number of aromatic nitrogens is 2. The Labute approximate surface area is 109 Å². The minimum absolute atomic E-state index is 0.719. The van der Waals surface area contributed by atoms with E-state index in [4.69, 9.17) is 0 Å². The zero-order valence-corrected chi connectivity index (χ0v) is 11.1. The highest BCUT2D eigenvalue weighted by Gasteiger charge is 2.16. The Hall–Kier alpha value is -1.00. The summed E-state index contributed by atoms with van der Waals surface area (Å²) in [4.78, 5) is 8.77. The number of rotatable bonds is 2. The van der Waals surface area contributed by atoms with E-state index in [9.17, 15) is 0 Å². The van der Waals surface area contributed by atoms with Crippen molar-refractivity contribution in [3.05, 3.63) is 34.7 Å². The van der Waals surface area contributed by atoms with E-state index >= 15 is 0 Å². The third-order valence-corrected chi connectivity index (χ3v) is 3.82. The zero-order chi connectivity index (χ0) is 11.7. The van der Waals surface area contributed by atoms with Gasteiger partial charge in [-0.05, 0) is 50.0 Å². The summed E-state index contributed by atoms with van der Waals surface area (Å²) in [5.74, 6) is 0.719. The number of hydrogen-bond donors (Lipinski definition) is 1. The lowest BCUT2D eigenvalue weighted by Gasteiger charge is -2.09. The van der Waals surface area contributed by atoms with Crippen LogP contribution in [0.2, 0.25) is 0 Å². The van der Waals surface area contributed by atoms with Gasteiger partial charge in [0.05, 0.1) is 11.2 Å². The first kappa shape index (κ1) is 11.1. The quantitative estimate of drug-likeness (QED) is 0.924. The van der Waals surface area contributed by atoms with Crippen LogP contribution in [0.5, 0.6) is 0 Å². The van der Waals surface area contributed by atoms with Gasteiger partial charge in [-0.15, -0.1) is 0 Å². The fourth-order valence-electron chi connectivity index (χ4n) is 2.41. The SMILES string of the molecule is Brc1ccc2c(CC3CCNC3)ncnc2c1. The summed E-state index contributed by atoms with van der Waals surface area (Å²) in [6, 6.07) is 6.21. The maximum atomic E-state index is 4.45. The Kier molecular flexibility index (Phi) is 3.07. The highest BCUT2D eigenvalue weighted by Crippen LogP contribution is 2.23. The first-order valence-corrected chi connectivity index (χ1v) is 6.72. The molecule has 1 aromatic heterocycles. The highest BCUT2D eigenvalue weighted by atomic mass is 79.9. The van der Waals surface area contributed by atoms with Gasteiger partial charge in [0.2, 0.25) is 0 Å². The lowest BCUT2D eigenvalue weighted by molar-refractivity contribution is 0.574. The first-order chi connectivity index (χ1) is 8.33. The second-order valence-electron chi connectivity index (χ2n) is 4.54. The van der Waals surface area contributed by atoms with Crippen molar-refractivity contribution in [2.45, 2.75) is 12.8 Å². The zero-order valence-electron chi connectivity index (χ0n) is 9.49. The van der Waals surface area contributed by atoms with E-state index in [-0.39, 0.29) is 0 Å². The topological polar surface area (TPSA) is 37.8 Å². The van der Waals surface area contributed by atoms with Crippen molar-refractivity contribution in [3.8, 4) is 0 Å². The summed E-state index contributed by atoms with van der Waals surface area (Å²) in [7, 11) is 0. The Bertz CT molecular complexity index is 535. The Morgan fingerprint density at radius 1 is 1.35 bits per heavy atom. The van der Waals surface area contributed by atoms with Crippen molar-refractivity contribution >= 4 is 26.8 Å². The van der Waals surface area contributed by atoms with Gasteiger partial charge in [0.25, 0.3) is 0 Å². The van der Waals surface area contributed by atoms with E-state index in [2.05, 4.69) is 43.3 Å². The minimum atomic E-state index is 0.719. The van der Waals surface area contributed by atoms with Crippen molar-refractivity contribution in [2.75, 3.05) is 13.1 Å². The van der Waals surface area contributed by atoms with Crippen LogP contribution in [-0.2, 0) is 6.42 Å². The van der Waals surface area contributed by atoms with Gasteiger partial charge in [0, 0.05) is 9.86 Å². The molecule has 1 fully saturated rings. The predicted molar refractivity (Wildman–Crippen MR) is 71.9 cm³/mol. The molecular formula is C13H14BrN3. The van der Waals surface area contributed by atoms with E-state index in [1.807, 2.05) is 6.07 Å². The Morgan fingerprint density at radius 2 is 2.29 bits per heavy atom. The summed E-state index contributed by atoms with van der Waals surface area (Å²) < 4.78 is 1.07. The molecule has 0 radical (unpaired) electrons. The van der Waals surface area contributed by atoms with Gasteiger partial charge in [0.15, 0.2) is 0 Å². The van der Waals surface area contributed by atoms with Crippen LogP contribution in [0, 0.1) is 5.92 Å². The molecule has 0 saturated carbocycles. The molecule has 0 spiro atoms. The van der Waals surface area contributed by atoms with Crippen molar-refractivity contribution in [1.82, 2.24) is 15.3 Å². The molecule has 0 aliphatic carbocycles. The molecule has 2 aromatic rings. The second kappa shape index (κ2) is 4.70. The molecule has 1 saturated heterocycles. The van der Waals surface area contributed by atoms with E-state index < -0.39 is 0 Å². The van der Waals surface area contributed by atoms with Crippen LogP contribution in [0.15, 0.2) is 29.0 Å². The normalized spacial score (nSPS) is 19.9. The largest absolute Gasteiger partial charge is 0.316 e. The summed E-state index contributed by atoms with van der Waals surface area (Å²) in [5.41, 5.74) is 2.20. The predicted octanol–water partition coefficient (Wildman–Crippen LogP) is 2.54. The molecule has 88 valence electrons. The van der Waals surface area contributed by atoms with Gasteiger partial charge in [-0.2, -0.15) is 0 Å². The standard InChI is InChI=1S/C13H14BrN3/c14-10-1-2-11-12(5-9-3-4-15-7-9)16-8-17-13(11)6-10/h1-2,6,8-9,15H,3-5,7H2. The van der Waals surface area contributed by atoms with Gasteiger partial charge in [-0.25, -0.2) is 9.97 Å². The van der Waals surface area contributed by atoms with Gasteiger partial charge in [-0.1, -0.05) is 15.9 Å². The number of fused-ring (bicyclic) bond motifs is 1. The molecule has 3 rings (SSSR count). The number of nitrogens with one attached hydrogen (secondary N) is 1. The molecule has 1 N–H and O–H groups in total. The summed E-state index contributed by atoms with van der Waals surface area (Å²) in [5, 5.41) is 4.58. The number of nitrogens with zero attached hydrogens (tertiary/aromatic N) is 2. The molecule has 1 unspecified atom stereocenters. The summed E-state index contributed by atoms with van der Waals surface area (Å²) in [6.45, 7) is 2.25. The molecule has 1 aromatic carbocycles. The molecule has 17 heavy (non-hydrogen) atoms. The second-order valence-corrected chi connectivity index (χ2v) is 5.46. The molecule has 2 heterocycles. The van der Waals surface area contributed by atoms with Crippen molar-refractivity contribution < 1.29 is 0 Å². The van der Waals surface area contributed by atoms with Crippen molar-refractivity contribution in [2.24, 2.45) is 5.92 Å². The monoisotopic (exact) mass is 291 g/mol. The smallest absolute Gasteiger partial charge is 0.116 e. The number of benzene rings is 1. The van der Waals surface area contributed by atoms with Crippen molar-refractivity contribution in [3.63, 3.8) is 0 Å². The minimum Gasteiger partial charge on any atom is -0.316 e. The molecule has 1 aliphatic heterocycles. The lowest BCUT2D eigenvalue weighted by atomic mass is 10.00. The number of hydrogen-bond acceptors (Lipinski definition) is 3. The van der Waals surface area contributed by atoms with Crippen LogP contribution >= 0.6 is 15.9 Å². The fraction of sp³-hybridized carbons (Fsp3) is 0.385. The summed E-state index contributed by atoms with van der Waals surface area (Å²) in [6.07, 6.45) is 3.97. The lowest BCUT2D eigenvalue weighted by Crippen LogP contribution is -2.11. The van der Waals surface area contributed by atoms with E-state index in [0.29, 0.717) is 0 Å². The van der Waals surface area contributed by atoms with Crippen LogP contribution in [0.25, 0.3) is 10.9 Å². The van der Waals surface area contributed by atoms with Gasteiger partial charge < -0.3 is 5.32 Å². The van der Waals surface area contributed by atoms with E-state index in [0.717, 1.165) is 35.4 Å². The maximum absolute atomic E-state index is 4.45. The highest BCUT2D eigenvalue weighted by molar-refractivity contribution is 9.10. The van der Waals surface area contributed by atoms with E-state index in [1.54, 1.807) is 6.33 Å².